The van der Waals surface area contributed by atoms with Crippen LogP contribution >= 0.6 is 0 Å². The van der Waals surface area contributed by atoms with E-state index in [1.807, 2.05) is 0 Å². The number of esters is 1. The van der Waals surface area contributed by atoms with Crippen LogP contribution in [0.15, 0.2) is 0 Å². The van der Waals surface area contributed by atoms with E-state index < -0.39 is 0 Å². The molecule has 0 amide bonds. The highest BCUT2D eigenvalue weighted by molar-refractivity contribution is 5.71. The van der Waals surface area contributed by atoms with Gasteiger partial charge in [0.2, 0.25) is 0 Å². The lowest BCUT2D eigenvalue weighted by molar-refractivity contribution is -0.185. The molecule has 0 aromatic rings. The molecule has 1 heterocycles. The van der Waals surface area contributed by atoms with Gasteiger partial charge in [0.15, 0.2) is 0 Å². The van der Waals surface area contributed by atoms with E-state index in [0.29, 0.717) is 17.3 Å². The van der Waals surface area contributed by atoms with Gasteiger partial charge in [0.25, 0.3) is 0 Å². The zero-order chi connectivity index (χ0) is 11.6. The van der Waals surface area contributed by atoms with E-state index in [1.165, 1.54) is 19.3 Å². The zero-order valence-corrected chi connectivity index (χ0v) is 10.6. The third kappa shape index (κ3) is 1.11. The summed E-state index contributed by atoms with van der Waals surface area (Å²) in [6.07, 6.45) is 5.76. The minimum Gasteiger partial charge on any atom is -0.462 e. The Labute approximate surface area is 97.7 Å². The summed E-state index contributed by atoms with van der Waals surface area (Å²) in [6.45, 7) is 7.12. The number of ether oxygens (including phenoxy) is 1. The zero-order valence-electron chi connectivity index (χ0n) is 10.6. The molecule has 4 atom stereocenters. The van der Waals surface area contributed by atoms with Crippen molar-refractivity contribution in [1.29, 1.82) is 0 Å². The molecule has 0 spiro atoms. The third-order valence-electron chi connectivity index (χ3n) is 5.64. The Morgan fingerprint density at radius 3 is 2.56 bits per heavy atom. The summed E-state index contributed by atoms with van der Waals surface area (Å²) in [4.78, 5) is 11.3. The number of hydrogen-bond acceptors (Lipinski definition) is 2. The molecule has 0 aromatic carbocycles. The summed E-state index contributed by atoms with van der Waals surface area (Å²) in [6, 6.07) is 0. The lowest BCUT2D eigenvalue weighted by Crippen LogP contribution is -2.58. The highest BCUT2D eigenvalue weighted by atomic mass is 16.6. The van der Waals surface area contributed by atoms with E-state index in [0.717, 1.165) is 18.3 Å². The predicted molar refractivity (Wildman–Crippen MR) is 61.8 cm³/mol. The van der Waals surface area contributed by atoms with Crippen molar-refractivity contribution in [2.45, 2.75) is 59.0 Å². The standard InChI is InChI=1S/C14H22O2/c1-9-4-5-10-13(2,3)8-14(9,10)11-6-7-12(15)16-11/h9-11H,4-8H2,1-3H3. The van der Waals surface area contributed by atoms with Gasteiger partial charge in [0.05, 0.1) is 0 Å². The smallest absolute Gasteiger partial charge is 0.306 e. The van der Waals surface area contributed by atoms with Gasteiger partial charge in [-0.25, -0.2) is 0 Å². The fraction of sp³-hybridized carbons (Fsp3) is 0.929. The van der Waals surface area contributed by atoms with Gasteiger partial charge >= 0.3 is 5.97 Å². The maximum Gasteiger partial charge on any atom is 0.306 e. The second kappa shape index (κ2) is 3.02. The Morgan fingerprint density at radius 2 is 2.00 bits per heavy atom. The van der Waals surface area contributed by atoms with Crippen LogP contribution in [0.25, 0.3) is 0 Å². The van der Waals surface area contributed by atoms with Crippen molar-refractivity contribution < 1.29 is 9.53 Å². The van der Waals surface area contributed by atoms with Crippen LogP contribution < -0.4 is 0 Å². The summed E-state index contributed by atoms with van der Waals surface area (Å²) < 4.78 is 5.59. The molecule has 3 fully saturated rings. The van der Waals surface area contributed by atoms with Crippen molar-refractivity contribution in [1.82, 2.24) is 0 Å². The van der Waals surface area contributed by atoms with Crippen molar-refractivity contribution in [2.24, 2.45) is 22.7 Å². The normalized spacial score (nSPS) is 49.7. The van der Waals surface area contributed by atoms with Gasteiger partial charge in [-0.1, -0.05) is 20.8 Å². The van der Waals surface area contributed by atoms with Crippen LogP contribution in [0.3, 0.4) is 0 Å². The van der Waals surface area contributed by atoms with E-state index in [1.54, 1.807) is 0 Å². The van der Waals surface area contributed by atoms with E-state index in [-0.39, 0.29) is 12.1 Å². The van der Waals surface area contributed by atoms with Crippen LogP contribution in [0, 0.1) is 22.7 Å². The largest absolute Gasteiger partial charge is 0.462 e. The average Bonchev–Trinajstić information content (AvgIpc) is 2.70. The number of fused-ring (bicyclic) bond motifs is 1. The fourth-order valence-corrected chi connectivity index (χ4v) is 5.05. The maximum atomic E-state index is 11.3. The molecule has 2 heteroatoms. The summed E-state index contributed by atoms with van der Waals surface area (Å²) in [5.74, 6) is 1.55. The molecule has 16 heavy (non-hydrogen) atoms. The van der Waals surface area contributed by atoms with E-state index in [9.17, 15) is 4.79 Å². The SMILES string of the molecule is CC1CCC2C(C)(C)CC12C1CCC(=O)O1. The molecule has 0 N–H and O–H groups in total. The molecule has 4 unspecified atom stereocenters. The van der Waals surface area contributed by atoms with Crippen molar-refractivity contribution >= 4 is 5.97 Å². The summed E-state index contributed by atoms with van der Waals surface area (Å²) in [5, 5.41) is 0. The molecular formula is C14H22O2. The van der Waals surface area contributed by atoms with Crippen LogP contribution in [0.2, 0.25) is 0 Å². The van der Waals surface area contributed by atoms with Crippen LogP contribution in [-0.4, -0.2) is 12.1 Å². The molecule has 2 saturated carbocycles. The molecule has 2 aliphatic carbocycles. The van der Waals surface area contributed by atoms with Crippen molar-refractivity contribution in [3.8, 4) is 0 Å². The molecule has 0 aromatic heterocycles. The number of hydrogen-bond donors (Lipinski definition) is 0. The first kappa shape index (κ1) is 10.6. The van der Waals surface area contributed by atoms with Gasteiger partial charge in [-0.3, -0.25) is 4.79 Å². The molecule has 3 aliphatic rings. The number of cyclic esters (lactones) is 1. The number of rotatable bonds is 1. The lowest BCUT2D eigenvalue weighted by atomic mass is 9.44. The van der Waals surface area contributed by atoms with Crippen LogP contribution in [0.1, 0.15) is 52.9 Å². The molecule has 2 nitrogen and oxygen atoms in total. The second-order valence-corrected chi connectivity index (χ2v) is 6.83. The molecule has 3 rings (SSSR count). The van der Waals surface area contributed by atoms with E-state index in [4.69, 9.17) is 4.74 Å². The highest BCUT2D eigenvalue weighted by Crippen LogP contribution is 2.71. The Hall–Kier alpha value is -0.530. The van der Waals surface area contributed by atoms with E-state index >= 15 is 0 Å². The lowest BCUT2D eigenvalue weighted by Gasteiger charge is -2.61. The summed E-state index contributed by atoms with van der Waals surface area (Å²) >= 11 is 0. The molecule has 90 valence electrons. The quantitative estimate of drug-likeness (QED) is 0.637. The fourth-order valence-electron chi connectivity index (χ4n) is 5.05. The minimum atomic E-state index is 0.0296. The first-order chi connectivity index (χ1) is 7.47. The van der Waals surface area contributed by atoms with Crippen LogP contribution in [0.4, 0.5) is 0 Å². The monoisotopic (exact) mass is 222 g/mol. The Bertz CT molecular complexity index is 334. The summed E-state index contributed by atoms with van der Waals surface area (Å²) in [5.41, 5.74) is 0.815. The van der Waals surface area contributed by atoms with Crippen LogP contribution in [-0.2, 0) is 9.53 Å². The van der Waals surface area contributed by atoms with Gasteiger partial charge in [0.1, 0.15) is 6.10 Å². The third-order valence-corrected chi connectivity index (χ3v) is 5.64. The van der Waals surface area contributed by atoms with Gasteiger partial charge in [-0.2, -0.15) is 0 Å². The first-order valence-electron chi connectivity index (χ1n) is 6.66. The molecular weight excluding hydrogens is 200 g/mol. The van der Waals surface area contributed by atoms with Crippen molar-refractivity contribution in [2.75, 3.05) is 0 Å². The predicted octanol–water partition coefficient (Wildman–Crippen LogP) is 3.15. The van der Waals surface area contributed by atoms with Gasteiger partial charge < -0.3 is 4.74 Å². The molecule has 0 bridgehead atoms. The topological polar surface area (TPSA) is 26.3 Å². The molecule has 1 saturated heterocycles. The molecule has 1 aliphatic heterocycles. The summed E-state index contributed by atoms with van der Waals surface area (Å²) in [7, 11) is 0. The second-order valence-electron chi connectivity index (χ2n) is 6.83. The van der Waals surface area contributed by atoms with Gasteiger partial charge in [0, 0.05) is 11.8 Å². The Balaban J connectivity index is 1.89. The highest BCUT2D eigenvalue weighted by Gasteiger charge is 2.67. The number of carbonyl (C=O) groups excluding carboxylic acids is 1. The number of carbonyl (C=O) groups is 1. The van der Waals surface area contributed by atoms with Crippen molar-refractivity contribution in [3.63, 3.8) is 0 Å². The first-order valence-corrected chi connectivity index (χ1v) is 6.66. The molecule has 0 radical (unpaired) electrons. The Morgan fingerprint density at radius 1 is 1.25 bits per heavy atom. The maximum absolute atomic E-state index is 11.3. The van der Waals surface area contributed by atoms with E-state index in [2.05, 4.69) is 20.8 Å². The van der Waals surface area contributed by atoms with Gasteiger partial charge in [-0.15, -0.1) is 0 Å². The van der Waals surface area contributed by atoms with Crippen LogP contribution in [0.5, 0.6) is 0 Å². The van der Waals surface area contributed by atoms with Crippen molar-refractivity contribution in [3.05, 3.63) is 0 Å². The Kier molecular flexibility index (Phi) is 2.01. The minimum absolute atomic E-state index is 0.0296. The average molecular weight is 222 g/mol. The van der Waals surface area contributed by atoms with Gasteiger partial charge in [-0.05, 0) is 42.9 Å².